The molecule has 0 heterocycles. The average molecular weight is 586 g/mol. The standard InChI is InChI=1S/C30H33ClFN3O4S/c1-21-7-15-27(16-8-21)35(40(38,39)28-17-11-24(31)12-18-28)20-29(36)34(19-23-9-13-25(32)14-10-23)22(2)30(37)33-26-5-3-4-6-26/h7-18,22,26H,3-6,19-20H2,1-2H3,(H,33,37)/t22-/m0/s1. The first-order chi connectivity index (χ1) is 19.0. The number of aryl methyl sites for hydroxylation is 1. The predicted molar refractivity (Wildman–Crippen MR) is 154 cm³/mol. The molecule has 1 saturated carbocycles. The molecule has 1 atom stereocenters. The Hall–Kier alpha value is -3.43. The van der Waals surface area contributed by atoms with Crippen molar-refractivity contribution < 1.29 is 22.4 Å². The maximum absolute atomic E-state index is 13.9. The van der Waals surface area contributed by atoms with Crippen LogP contribution in [0.3, 0.4) is 0 Å². The van der Waals surface area contributed by atoms with Gasteiger partial charge in [0.25, 0.3) is 10.0 Å². The molecule has 0 aromatic heterocycles. The van der Waals surface area contributed by atoms with Crippen LogP contribution < -0.4 is 9.62 Å². The Balaban J connectivity index is 1.67. The number of nitrogens with zero attached hydrogens (tertiary/aromatic N) is 2. The predicted octanol–water partition coefficient (Wildman–Crippen LogP) is 5.46. The minimum Gasteiger partial charge on any atom is -0.352 e. The summed E-state index contributed by atoms with van der Waals surface area (Å²) < 4.78 is 42.2. The van der Waals surface area contributed by atoms with Gasteiger partial charge in [0, 0.05) is 17.6 Å². The highest BCUT2D eigenvalue weighted by molar-refractivity contribution is 7.92. The zero-order chi connectivity index (χ0) is 28.9. The third-order valence-corrected chi connectivity index (χ3v) is 9.18. The third kappa shape index (κ3) is 7.20. The summed E-state index contributed by atoms with van der Waals surface area (Å²) in [7, 11) is -4.18. The molecule has 2 amide bonds. The molecule has 0 spiro atoms. The number of rotatable bonds is 10. The number of amides is 2. The smallest absolute Gasteiger partial charge is 0.264 e. The highest BCUT2D eigenvalue weighted by Gasteiger charge is 2.33. The van der Waals surface area contributed by atoms with E-state index >= 15 is 0 Å². The van der Waals surface area contributed by atoms with E-state index in [1.165, 1.54) is 41.3 Å². The Kier molecular flexibility index (Phi) is 9.48. The van der Waals surface area contributed by atoms with Gasteiger partial charge in [-0.1, -0.05) is 54.3 Å². The second-order valence-electron chi connectivity index (χ2n) is 10.1. The molecular weight excluding hydrogens is 553 g/mol. The molecule has 4 rings (SSSR count). The summed E-state index contributed by atoms with van der Waals surface area (Å²) in [6.45, 7) is 2.95. The summed E-state index contributed by atoms with van der Waals surface area (Å²) in [5.74, 6) is -1.31. The SMILES string of the molecule is Cc1ccc(N(CC(=O)N(Cc2ccc(F)cc2)[C@@H](C)C(=O)NC2CCCC2)S(=O)(=O)c2ccc(Cl)cc2)cc1. The van der Waals surface area contributed by atoms with Crippen LogP contribution in [0.15, 0.2) is 77.7 Å². The van der Waals surface area contributed by atoms with Crippen LogP contribution >= 0.6 is 11.6 Å². The summed E-state index contributed by atoms with van der Waals surface area (Å²) in [4.78, 5) is 28.5. The highest BCUT2D eigenvalue weighted by atomic mass is 35.5. The minimum absolute atomic E-state index is 0.00109. The van der Waals surface area contributed by atoms with Crippen molar-refractivity contribution in [2.45, 2.75) is 63.1 Å². The highest BCUT2D eigenvalue weighted by Crippen LogP contribution is 2.26. The number of hydrogen-bond acceptors (Lipinski definition) is 4. The fraction of sp³-hybridized carbons (Fsp3) is 0.333. The van der Waals surface area contributed by atoms with Crippen molar-refractivity contribution in [3.8, 4) is 0 Å². The monoisotopic (exact) mass is 585 g/mol. The molecule has 1 N–H and O–H groups in total. The molecule has 3 aromatic rings. The molecular formula is C30H33ClFN3O4S. The molecule has 10 heteroatoms. The number of carbonyl (C=O) groups is 2. The van der Waals surface area contributed by atoms with E-state index in [1.54, 1.807) is 43.3 Å². The van der Waals surface area contributed by atoms with E-state index in [0.717, 1.165) is 35.6 Å². The van der Waals surface area contributed by atoms with Gasteiger partial charge in [0.1, 0.15) is 18.4 Å². The van der Waals surface area contributed by atoms with Gasteiger partial charge in [-0.3, -0.25) is 13.9 Å². The largest absolute Gasteiger partial charge is 0.352 e. The van der Waals surface area contributed by atoms with E-state index in [2.05, 4.69) is 5.32 Å². The Morgan fingerprint density at radius 2 is 1.57 bits per heavy atom. The van der Waals surface area contributed by atoms with Gasteiger partial charge in [-0.2, -0.15) is 0 Å². The van der Waals surface area contributed by atoms with Gasteiger partial charge in [-0.05, 0) is 80.8 Å². The number of halogens is 2. The Morgan fingerprint density at radius 1 is 0.975 bits per heavy atom. The van der Waals surface area contributed by atoms with Crippen LogP contribution in [0.5, 0.6) is 0 Å². The van der Waals surface area contributed by atoms with Crippen molar-refractivity contribution in [2.24, 2.45) is 0 Å². The second-order valence-corrected chi connectivity index (χ2v) is 12.4. The quantitative estimate of drug-likeness (QED) is 0.342. The molecule has 1 fully saturated rings. The maximum atomic E-state index is 13.9. The molecule has 0 saturated heterocycles. The normalized spacial score (nSPS) is 14.5. The number of nitrogens with one attached hydrogen (secondary N) is 1. The van der Waals surface area contributed by atoms with Crippen molar-refractivity contribution in [1.82, 2.24) is 10.2 Å². The van der Waals surface area contributed by atoms with Crippen LogP contribution in [0.2, 0.25) is 5.02 Å². The van der Waals surface area contributed by atoms with E-state index in [0.29, 0.717) is 16.3 Å². The van der Waals surface area contributed by atoms with E-state index in [1.807, 2.05) is 6.92 Å². The van der Waals surface area contributed by atoms with Gasteiger partial charge in [0.2, 0.25) is 11.8 Å². The maximum Gasteiger partial charge on any atom is 0.264 e. The lowest BCUT2D eigenvalue weighted by atomic mass is 10.1. The molecule has 0 radical (unpaired) electrons. The minimum atomic E-state index is -4.18. The molecule has 3 aromatic carbocycles. The van der Waals surface area contributed by atoms with Gasteiger partial charge in [-0.15, -0.1) is 0 Å². The lowest BCUT2D eigenvalue weighted by Crippen LogP contribution is -2.52. The number of benzene rings is 3. The molecule has 7 nitrogen and oxygen atoms in total. The van der Waals surface area contributed by atoms with Gasteiger partial charge in [-0.25, -0.2) is 12.8 Å². The molecule has 1 aliphatic rings. The van der Waals surface area contributed by atoms with Gasteiger partial charge in [0.15, 0.2) is 0 Å². The van der Waals surface area contributed by atoms with Crippen LogP contribution in [-0.4, -0.2) is 43.8 Å². The Morgan fingerprint density at radius 3 is 2.17 bits per heavy atom. The van der Waals surface area contributed by atoms with Crippen LogP contribution in [0.4, 0.5) is 10.1 Å². The fourth-order valence-corrected chi connectivity index (χ4v) is 6.27. The lowest BCUT2D eigenvalue weighted by molar-refractivity contribution is -0.139. The first-order valence-corrected chi connectivity index (χ1v) is 15.1. The molecule has 212 valence electrons. The summed E-state index contributed by atoms with van der Waals surface area (Å²) in [6.07, 6.45) is 3.83. The first kappa shape index (κ1) is 29.6. The summed E-state index contributed by atoms with van der Waals surface area (Å²) in [5, 5.41) is 3.40. The Bertz CT molecular complexity index is 1430. The molecule has 1 aliphatic carbocycles. The van der Waals surface area contributed by atoms with Crippen LogP contribution in [0, 0.1) is 12.7 Å². The number of anilines is 1. The fourth-order valence-electron chi connectivity index (χ4n) is 4.73. The molecule has 0 unspecified atom stereocenters. The van der Waals surface area contributed by atoms with Crippen molar-refractivity contribution in [2.75, 3.05) is 10.8 Å². The average Bonchev–Trinajstić information content (AvgIpc) is 3.44. The van der Waals surface area contributed by atoms with Gasteiger partial charge in [0.05, 0.1) is 10.6 Å². The molecule has 0 aliphatic heterocycles. The number of carbonyl (C=O) groups excluding carboxylic acids is 2. The molecule has 40 heavy (non-hydrogen) atoms. The van der Waals surface area contributed by atoms with Crippen LogP contribution in [0.25, 0.3) is 0 Å². The van der Waals surface area contributed by atoms with Gasteiger partial charge >= 0.3 is 0 Å². The first-order valence-electron chi connectivity index (χ1n) is 13.2. The summed E-state index contributed by atoms with van der Waals surface area (Å²) in [5.41, 5.74) is 1.84. The van der Waals surface area contributed by atoms with E-state index in [9.17, 15) is 22.4 Å². The van der Waals surface area contributed by atoms with Crippen LogP contribution in [-0.2, 0) is 26.2 Å². The lowest BCUT2D eigenvalue weighted by Gasteiger charge is -2.32. The zero-order valence-corrected chi connectivity index (χ0v) is 24.1. The van der Waals surface area contributed by atoms with E-state index in [-0.39, 0.29) is 23.4 Å². The van der Waals surface area contributed by atoms with Crippen molar-refractivity contribution in [1.29, 1.82) is 0 Å². The van der Waals surface area contributed by atoms with Crippen molar-refractivity contribution >= 4 is 39.1 Å². The topological polar surface area (TPSA) is 86.8 Å². The van der Waals surface area contributed by atoms with E-state index in [4.69, 9.17) is 11.6 Å². The Labute approximate surface area is 240 Å². The number of hydrogen-bond donors (Lipinski definition) is 1. The summed E-state index contributed by atoms with van der Waals surface area (Å²) in [6, 6.07) is 17.3. The third-order valence-electron chi connectivity index (χ3n) is 7.14. The van der Waals surface area contributed by atoms with Crippen LogP contribution in [0.1, 0.15) is 43.7 Å². The van der Waals surface area contributed by atoms with E-state index < -0.39 is 34.3 Å². The van der Waals surface area contributed by atoms with Crippen molar-refractivity contribution in [3.05, 3.63) is 94.8 Å². The molecule has 0 bridgehead atoms. The van der Waals surface area contributed by atoms with Crippen molar-refractivity contribution in [3.63, 3.8) is 0 Å². The second kappa shape index (κ2) is 12.8. The van der Waals surface area contributed by atoms with Gasteiger partial charge < -0.3 is 10.2 Å². The number of sulfonamides is 1. The summed E-state index contributed by atoms with van der Waals surface area (Å²) >= 11 is 5.98. The zero-order valence-electron chi connectivity index (χ0n) is 22.5.